The molecule has 0 amide bonds. The summed E-state index contributed by atoms with van der Waals surface area (Å²) in [7, 11) is 1.57. The van der Waals surface area contributed by atoms with Crippen LogP contribution in [-0.4, -0.2) is 16.9 Å². The summed E-state index contributed by atoms with van der Waals surface area (Å²) in [5, 5.41) is 4.20. The van der Waals surface area contributed by atoms with E-state index < -0.39 is 0 Å². The molecule has 1 aromatic rings. The molecule has 0 aliphatic carbocycles. The molecule has 0 aromatic carbocycles. The van der Waals surface area contributed by atoms with Crippen LogP contribution in [0.1, 0.15) is 12.5 Å². The number of nitrogens with zero attached hydrogens (tertiary/aromatic N) is 2. The quantitative estimate of drug-likeness (QED) is 0.745. The van der Waals surface area contributed by atoms with Gasteiger partial charge in [0.2, 0.25) is 5.88 Å². The van der Waals surface area contributed by atoms with Crippen LogP contribution in [0, 0.1) is 6.92 Å². The second-order valence-electron chi connectivity index (χ2n) is 2.85. The van der Waals surface area contributed by atoms with E-state index in [-0.39, 0.29) is 0 Å². The average molecular weight is 193 g/mol. The number of methoxy groups -OCH3 is 1. The first-order chi connectivity index (χ1) is 6.65. The number of allylic oxidation sites excluding steroid dienone is 3. The molecule has 0 spiro atoms. The third kappa shape index (κ3) is 1.51. The van der Waals surface area contributed by atoms with Gasteiger partial charge in [-0.25, -0.2) is 4.68 Å². The highest BCUT2D eigenvalue weighted by Crippen LogP contribution is 2.24. The van der Waals surface area contributed by atoms with Crippen molar-refractivity contribution in [3.8, 4) is 5.88 Å². The fourth-order valence-corrected chi connectivity index (χ4v) is 1.21. The number of ether oxygens (including phenoxy) is 1. The third-order valence-electron chi connectivity index (χ3n) is 2.07. The van der Waals surface area contributed by atoms with Gasteiger partial charge in [0.15, 0.2) is 0 Å². The van der Waals surface area contributed by atoms with Crippen LogP contribution in [0.15, 0.2) is 18.7 Å². The molecule has 1 rings (SSSR count). The van der Waals surface area contributed by atoms with E-state index in [0.717, 1.165) is 11.3 Å². The van der Waals surface area contributed by atoms with Crippen LogP contribution in [0.3, 0.4) is 0 Å². The van der Waals surface area contributed by atoms with Crippen molar-refractivity contribution in [2.24, 2.45) is 0 Å². The van der Waals surface area contributed by atoms with Crippen LogP contribution in [0.25, 0.3) is 5.70 Å². The van der Waals surface area contributed by atoms with Gasteiger partial charge in [-0.3, -0.25) is 0 Å². The fraction of sp³-hybridized carbons (Fsp3) is 0.300. The molecule has 4 nitrogen and oxygen atoms in total. The van der Waals surface area contributed by atoms with Gasteiger partial charge >= 0.3 is 0 Å². The first kappa shape index (κ1) is 10.4. The smallest absolute Gasteiger partial charge is 0.238 e. The van der Waals surface area contributed by atoms with Crippen molar-refractivity contribution in [3.63, 3.8) is 0 Å². The number of hydrogen-bond donors (Lipinski definition) is 1. The fourth-order valence-electron chi connectivity index (χ4n) is 1.21. The average Bonchev–Trinajstić information content (AvgIpc) is 2.48. The molecule has 1 aromatic heterocycles. The van der Waals surface area contributed by atoms with Crippen LogP contribution in [0.2, 0.25) is 0 Å². The molecule has 0 bridgehead atoms. The maximum atomic E-state index is 5.86. The summed E-state index contributed by atoms with van der Waals surface area (Å²) in [6, 6.07) is 0. The van der Waals surface area contributed by atoms with Gasteiger partial charge in [-0.05, 0) is 19.9 Å². The predicted molar refractivity (Wildman–Crippen MR) is 58.1 cm³/mol. The Hall–Kier alpha value is -1.71. The lowest BCUT2D eigenvalue weighted by molar-refractivity contribution is 0.392. The number of nitrogen functional groups attached to an aromatic ring is 1. The van der Waals surface area contributed by atoms with E-state index in [1.807, 2.05) is 19.9 Å². The summed E-state index contributed by atoms with van der Waals surface area (Å²) in [6.07, 6.45) is 3.58. The van der Waals surface area contributed by atoms with Gasteiger partial charge in [-0.2, -0.15) is 0 Å². The minimum atomic E-state index is 0.545. The molecule has 2 N–H and O–H groups in total. The summed E-state index contributed by atoms with van der Waals surface area (Å²) in [5.74, 6) is 1.12. The molecule has 0 atom stereocenters. The molecule has 1 heterocycles. The van der Waals surface area contributed by atoms with Crippen molar-refractivity contribution in [1.29, 1.82) is 0 Å². The highest BCUT2D eigenvalue weighted by molar-refractivity contribution is 5.62. The van der Waals surface area contributed by atoms with Crippen molar-refractivity contribution >= 4 is 11.5 Å². The summed E-state index contributed by atoms with van der Waals surface area (Å²) in [5.41, 5.74) is 7.55. The van der Waals surface area contributed by atoms with Crippen molar-refractivity contribution < 1.29 is 4.74 Å². The summed E-state index contributed by atoms with van der Waals surface area (Å²) in [4.78, 5) is 0. The van der Waals surface area contributed by atoms with E-state index in [2.05, 4.69) is 11.7 Å². The number of hydrogen-bond acceptors (Lipinski definition) is 3. The first-order valence-electron chi connectivity index (χ1n) is 4.33. The van der Waals surface area contributed by atoms with Gasteiger partial charge in [-0.15, -0.1) is 5.10 Å². The molecule has 4 heteroatoms. The maximum absolute atomic E-state index is 5.86. The molecule has 0 saturated heterocycles. The summed E-state index contributed by atoms with van der Waals surface area (Å²) < 4.78 is 6.68. The van der Waals surface area contributed by atoms with Gasteiger partial charge in [0.25, 0.3) is 0 Å². The highest BCUT2D eigenvalue weighted by Gasteiger charge is 2.12. The monoisotopic (exact) mass is 193 g/mol. The first-order valence-corrected chi connectivity index (χ1v) is 4.33. The van der Waals surface area contributed by atoms with E-state index in [9.17, 15) is 0 Å². The Balaban J connectivity index is 3.29. The van der Waals surface area contributed by atoms with Crippen molar-refractivity contribution in [2.75, 3.05) is 12.8 Å². The largest absolute Gasteiger partial charge is 0.480 e. The lowest BCUT2D eigenvalue weighted by atomic mass is 10.3. The molecule has 76 valence electrons. The van der Waals surface area contributed by atoms with Gasteiger partial charge < -0.3 is 10.5 Å². The van der Waals surface area contributed by atoms with Crippen molar-refractivity contribution in [3.05, 3.63) is 24.3 Å². The van der Waals surface area contributed by atoms with E-state index in [0.29, 0.717) is 11.7 Å². The molecule has 0 radical (unpaired) electrons. The van der Waals surface area contributed by atoms with Crippen LogP contribution < -0.4 is 10.5 Å². The zero-order valence-corrected chi connectivity index (χ0v) is 8.74. The van der Waals surface area contributed by atoms with Crippen molar-refractivity contribution in [1.82, 2.24) is 9.78 Å². The third-order valence-corrected chi connectivity index (χ3v) is 2.07. The lowest BCUT2D eigenvalue weighted by Gasteiger charge is -2.02. The van der Waals surface area contributed by atoms with Gasteiger partial charge in [0.1, 0.15) is 5.82 Å². The minimum absolute atomic E-state index is 0.545. The Bertz CT molecular complexity index is 377. The van der Waals surface area contributed by atoms with E-state index in [1.165, 1.54) is 0 Å². The molecule has 0 fully saturated rings. The topological polar surface area (TPSA) is 53.1 Å². The predicted octanol–water partition coefficient (Wildman–Crippen LogP) is 1.83. The zero-order valence-electron chi connectivity index (χ0n) is 8.74. The SMILES string of the molecule is C=C/C(=C\C)n1nc(OC)c(C)c1N. The van der Waals surface area contributed by atoms with Gasteiger partial charge in [0, 0.05) is 0 Å². The Morgan fingerprint density at radius 3 is 2.64 bits per heavy atom. The van der Waals surface area contributed by atoms with Gasteiger partial charge in [0.05, 0.1) is 18.4 Å². The molecule has 14 heavy (non-hydrogen) atoms. The minimum Gasteiger partial charge on any atom is -0.480 e. The molecule has 0 unspecified atom stereocenters. The second kappa shape index (κ2) is 4.00. The van der Waals surface area contributed by atoms with Gasteiger partial charge in [-0.1, -0.05) is 12.7 Å². The number of nitrogens with two attached hydrogens (primary N) is 1. The van der Waals surface area contributed by atoms with Crippen LogP contribution >= 0.6 is 0 Å². The van der Waals surface area contributed by atoms with Crippen LogP contribution in [-0.2, 0) is 0 Å². The number of anilines is 1. The molecular formula is C10H15N3O. The lowest BCUT2D eigenvalue weighted by Crippen LogP contribution is -2.02. The number of rotatable bonds is 3. The molecule has 0 aliphatic rings. The van der Waals surface area contributed by atoms with E-state index in [1.54, 1.807) is 17.9 Å². The Morgan fingerprint density at radius 2 is 2.29 bits per heavy atom. The Kier molecular flexibility index (Phi) is 2.96. The molecule has 0 aliphatic heterocycles. The molecule has 0 saturated carbocycles. The second-order valence-corrected chi connectivity index (χ2v) is 2.85. The molecular weight excluding hydrogens is 178 g/mol. The number of aromatic nitrogens is 2. The zero-order chi connectivity index (χ0) is 10.7. The highest BCUT2D eigenvalue weighted by atomic mass is 16.5. The maximum Gasteiger partial charge on any atom is 0.238 e. The standard InChI is InChI=1S/C10H15N3O/c1-5-8(6-2)13-9(11)7(3)10(12-13)14-4/h5-6H,1,11H2,2-4H3/b8-6+. The van der Waals surface area contributed by atoms with Crippen LogP contribution in [0.5, 0.6) is 5.88 Å². The van der Waals surface area contributed by atoms with E-state index in [4.69, 9.17) is 10.5 Å². The van der Waals surface area contributed by atoms with Crippen LogP contribution in [0.4, 0.5) is 5.82 Å². The Morgan fingerprint density at radius 1 is 1.64 bits per heavy atom. The normalized spacial score (nSPS) is 11.5. The van der Waals surface area contributed by atoms with Crippen molar-refractivity contribution in [2.45, 2.75) is 13.8 Å². The Labute approximate surface area is 83.7 Å². The van der Waals surface area contributed by atoms with E-state index >= 15 is 0 Å². The summed E-state index contributed by atoms with van der Waals surface area (Å²) in [6.45, 7) is 7.46. The summed E-state index contributed by atoms with van der Waals surface area (Å²) >= 11 is 0.